The van der Waals surface area contributed by atoms with Gasteiger partial charge in [0.1, 0.15) is 5.75 Å². The molecule has 160 valence electrons. The number of hydrogen-bond donors (Lipinski definition) is 1. The molecule has 0 saturated heterocycles. The molecule has 1 aromatic heterocycles. The van der Waals surface area contributed by atoms with Crippen molar-refractivity contribution < 1.29 is 9.53 Å². The molecule has 1 heterocycles. The van der Waals surface area contributed by atoms with E-state index in [1.54, 1.807) is 25.1 Å². The van der Waals surface area contributed by atoms with Crippen LogP contribution in [-0.2, 0) is 0 Å². The van der Waals surface area contributed by atoms with Gasteiger partial charge in [-0.05, 0) is 78.4 Å². The van der Waals surface area contributed by atoms with Crippen molar-refractivity contribution in [2.75, 3.05) is 18.7 Å². The molecule has 4 aromatic rings. The Bertz CT molecular complexity index is 1260. The molecule has 0 radical (unpaired) electrons. The third-order valence-electron chi connectivity index (χ3n) is 5.35. The Morgan fingerprint density at radius 3 is 2.53 bits per heavy atom. The molecule has 0 bridgehead atoms. The maximum atomic E-state index is 13.4. The Labute approximate surface area is 192 Å². The van der Waals surface area contributed by atoms with E-state index in [9.17, 15) is 4.79 Å². The van der Waals surface area contributed by atoms with Gasteiger partial charge in [-0.1, -0.05) is 30.3 Å². The van der Waals surface area contributed by atoms with Crippen LogP contribution >= 0.6 is 11.8 Å². The third-order valence-corrected chi connectivity index (χ3v) is 6.07. The number of carbonyl (C=O) groups is 1. The van der Waals surface area contributed by atoms with Gasteiger partial charge >= 0.3 is 0 Å². The monoisotopic (exact) mass is 440 g/mol. The number of thioether (sulfide) groups is 1. The van der Waals surface area contributed by atoms with Crippen molar-refractivity contribution in [2.24, 2.45) is 0 Å². The smallest absolute Gasteiger partial charge is 0.256 e. The van der Waals surface area contributed by atoms with E-state index in [1.807, 2.05) is 86.0 Å². The summed E-state index contributed by atoms with van der Waals surface area (Å²) in [7, 11) is 1.66. The van der Waals surface area contributed by atoms with Gasteiger partial charge < -0.3 is 10.1 Å². The Balaban J connectivity index is 1.71. The van der Waals surface area contributed by atoms with Crippen LogP contribution in [0.1, 0.15) is 15.9 Å². The number of aromatic nitrogens is 1. The second kappa shape index (κ2) is 9.71. The Morgan fingerprint density at radius 1 is 0.938 bits per heavy atom. The number of hydrogen-bond acceptors (Lipinski definition) is 4. The van der Waals surface area contributed by atoms with Crippen LogP contribution in [-0.4, -0.2) is 24.3 Å². The summed E-state index contributed by atoms with van der Waals surface area (Å²) in [6, 6.07) is 25.3. The predicted octanol–water partition coefficient (Wildman–Crippen LogP) is 6.71. The van der Waals surface area contributed by atoms with Gasteiger partial charge in [0.05, 0.1) is 12.8 Å². The topological polar surface area (TPSA) is 51.2 Å². The predicted molar refractivity (Wildman–Crippen MR) is 133 cm³/mol. The van der Waals surface area contributed by atoms with Gasteiger partial charge in [0.15, 0.2) is 0 Å². The minimum absolute atomic E-state index is 0.159. The first kappa shape index (κ1) is 21.7. The fourth-order valence-corrected chi connectivity index (χ4v) is 4.13. The van der Waals surface area contributed by atoms with E-state index in [1.165, 1.54) is 0 Å². The molecule has 0 aliphatic rings. The normalized spacial score (nSPS) is 10.6. The van der Waals surface area contributed by atoms with Crippen LogP contribution in [0, 0.1) is 6.92 Å². The van der Waals surface area contributed by atoms with Crippen LogP contribution in [0.3, 0.4) is 0 Å². The average molecular weight is 441 g/mol. The van der Waals surface area contributed by atoms with Crippen molar-refractivity contribution >= 4 is 23.4 Å². The molecule has 0 fully saturated rings. The summed E-state index contributed by atoms with van der Waals surface area (Å²) in [6.07, 6.45) is 3.79. The molecular formula is C27H24N2O2S. The highest BCUT2D eigenvalue weighted by atomic mass is 32.2. The molecule has 0 saturated carbocycles. The van der Waals surface area contributed by atoms with E-state index in [0.717, 1.165) is 44.3 Å². The van der Waals surface area contributed by atoms with Gasteiger partial charge in [0.25, 0.3) is 5.91 Å². The van der Waals surface area contributed by atoms with Gasteiger partial charge in [0.2, 0.25) is 0 Å². The molecule has 3 aromatic carbocycles. The Kier molecular flexibility index (Phi) is 6.57. The highest BCUT2D eigenvalue weighted by Crippen LogP contribution is 2.35. The first-order valence-electron chi connectivity index (χ1n) is 10.3. The lowest BCUT2D eigenvalue weighted by molar-refractivity contribution is 0.102. The second-order valence-corrected chi connectivity index (χ2v) is 8.17. The average Bonchev–Trinajstić information content (AvgIpc) is 2.84. The third kappa shape index (κ3) is 4.53. The summed E-state index contributed by atoms with van der Waals surface area (Å²) in [6.45, 7) is 2.01. The number of rotatable bonds is 6. The van der Waals surface area contributed by atoms with Crippen molar-refractivity contribution in [1.82, 2.24) is 4.98 Å². The number of carbonyl (C=O) groups excluding carboxylic acids is 1. The highest BCUT2D eigenvalue weighted by molar-refractivity contribution is 7.98. The van der Waals surface area contributed by atoms with Gasteiger partial charge in [-0.25, -0.2) is 0 Å². The number of nitrogens with zero attached hydrogens (tertiary/aromatic N) is 1. The molecule has 0 unspecified atom stereocenters. The van der Waals surface area contributed by atoms with Crippen molar-refractivity contribution in [1.29, 1.82) is 0 Å². The lowest BCUT2D eigenvalue weighted by atomic mass is 9.95. The minimum atomic E-state index is -0.159. The maximum absolute atomic E-state index is 13.4. The van der Waals surface area contributed by atoms with Crippen LogP contribution in [0.4, 0.5) is 5.69 Å². The molecule has 1 amide bonds. The lowest BCUT2D eigenvalue weighted by Crippen LogP contribution is -2.13. The van der Waals surface area contributed by atoms with E-state index in [0.29, 0.717) is 5.56 Å². The van der Waals surface area contributed by atoms with Crippen molar-refractivity contribution in [2.45, 2.75) is 11.8 Å². The van der Waals surface area contributed by atoms with Crippen LogP contribution in [0.5, 0.6) is 5.75 Å². The maximum Gasteiger partial charge on any atom is 0.256 e. The summed E-state index contributed by atoms with van der Waals surface area (Å²) in [5.74, 6) is 0.638. The zero-order valence-electron chi connectivity index (χ0n) is 18.3. The van der Waals surface area contributed by atoms with Crippen LogP contribution in [0.2, 0.25) is 0 Å². The largest absolute Gasteiger partial charge is 0.496 e. The quantitative estimate of drug-likeness (QED) is 0.339. The fraction of sp³-hybridized carbons (Fsp3) is 0.111. The fourth-order valence-electron chi connectivity index (χ4n) is 3.69. The molecule has 0 atom stereocenters. The first-order valence-corrected chi connectivity index (χ1v) is 11.5. The SMILES string of the molecule is COc1cccc(-c2cc(SC)ccc2C(=O)Nc2cccc(-c3ccccn3)c2)c1C. The Hall–Kier alpha value is -3.57. The number of amides is 1. The van der Waals surface area contributed by atoms with Crippen LogP contribution in [0.25, 0.3) is 22.4 Å². The van der Waals surface area contributed by atoms with Gasteiger partial charge in [0, 0.05) is 27.9 Å². The number of methoxy groups -OCH3 is 1. The standard InChI is InChI=1S/C27H24N2O2S/c1-18-22(10-7-12-26(18)31-2)24-17-21(32-3)13-14-23(24)27(30)29-20-9-6-8-19(16-20)25-11-4-5-15-28-25/h4-17H,1-3H3,(H,29,30). The number of pyridine rings is 1. The summed E-state index contributed by atoms with van der Waals surface area (Å²) in [4.78, 5) is 18.8. The van der Waals surface area contributed by atoms with Gasteiger partial charge in [-0.3, -0.25) is 9.78 Å². The van der Waals surface area contributed by atoms with Crippen LogP contribution < -0.4 is 10.1 Å². The summed E-state index contributed by atoms with van der Waals surface area (Å²) >= 11 is 1.65. The van der Waals surface area contributed by atoms with Crippen LogP contribution in [0.15, 0.2) is 90.0 Å². The molecule has 4 rings (SSSR count). The molecular weight excluding hydrogens is 416 g/mol. The molecule has 0 spiro atoms. The Morgan fingerprint density at radius 2 is 1.78 bits per heavy atom. The second-order valence-electron chi connectivity index (χ2n) is 7.29. The molecule has 32 heavy (non-hydrogen) atoms. The lowest BCUT2D eigenvalue weighted by Gasteiger charge is -2.16. The number of benzene rings is 3. The molecule has 1 N–H and O–H groups in total. The van der Waals surface area contributed by atoms with Gasteiger partial charge in [-0.15, -0.1) is 11.8 Å². The van der Waals surface area contributed by atoms with E-state index in [-0.39, 0.29) is 5.91 Å². The highest BCUT2D eigenvalue weighted by Gasteiger charge is 2.17. The molecule has 0 aliphatic heterocycles. The molecule has 0 aliphatic carbocycles. The van der Waals surface area contributed by atoms with Crippen molar-refractivity contribution in [3.63, 3.8) is 0 Å². The van der Waals surface area contributed by atoms with Crippen molar-refractivity contribution in [3.05, 3.63) is 96.2 Å². The molecule has 5 heteroatoms. The number of anilines is 1. The summed E-state index contributed by atoms with van der Waals surface area (Å²) in [5, 5.41) is 3.06. The summed E-state index contributed by atoms with van der Waals surface area (Å²) < 4.78 is 5.50. The zero-order chi connectivity index (χ0) is 22.5. The number of ether oxygens (including phenoxy) is 1. The number of nitrogens with one attached hydrogen (secondary N) is 1. The molecule has 4 nitrogen and oxygen atoms in total. The van der Waals surface area contributed by atoms with E-state index < -0.39 is 0 Å². The van der Waals surface area contributed by atoms with E-state index in [2.05, 4.69) is 16.4 Å². The summed E-state index contributed by atoms with van der Waals surface area (Å²) in [5.41, 5.74) is 6.01. The van der Waals surface area contributed by atoms with E-state index >= 15 is 0 Å². The zero-order valence-corrected chi connectivity index (χ0v) is 19.1. The van der Waals surface area contributed by atoms with E-state index in [4.69, 9.17) is 4.74 Å². The van der Waals surface area contributed by atoms with Crippen molar-refractivity contribution in [3.8, 4) is 28.1 Å². The van der Waals surface area contributed by atoms with Gasteiger partial charge in [-0.2, -0.15) is 0 Å². The minimum Gasteiger partial charge on any atom is -0.496 e. The first-order chi connectivity index (χ1) is 15.6.